The molecule has 1 heterocycles. The van der Waals surface area contributed by atoms with Crippen LogP contribution in [0.25, 0.3) is 0 Å². The van der Waals surface area contributed by atoms with Crippen LogP contribution in [0, 0.1) is 0 Å². The molecule has 0 aliphatic rings. The normalized spacial score (nSPS) is 14.0. The lowest BCUT2D eigenvalue weighted by molar-refractivity contribution is 0.185. The summed E-state index contributed by atoms with van der Waals surface area (Å²) in [6.45, 7) is 0. The molecule has 11 heavy (non-hydrogen) atoms. The highest BCUT2D eigenvalue weighted by Crippen LogP contribution is 2.21. The molecule has 0 amide bonds. The van der Waals surface area contributed by atoms with Gasteiger partial charge in [0.1, 0.15) is 0 Å². The van der Waals surface area contributed by atoms with Crippen LogP contribution in [0.4, 0.5) is 0 Å². The monoisotopic (exact) mass is 188 g/mol. The Labute approximate surface area is 74.9 Å². The van der Waals surface area contributed by atoms with Gasteiger partial charge in [0.25, 0.3) is 0 Å². The summed E-state index contributed by atoms with van der Waals surface area (Å²) in [7, 11) is 0. The van der Waals surface area contributed by atoms with E-state index in [4.69, 9.17) is 11.6 Å². The Hall–Kier alpha value is -0.310. The van der Waals surface area contributed by atoms with Crippen LogP contribution in [0.5, 0.6) is 0 Å². The fourth-order valence-corrected chi connectivity index (χ4v) is 1.60. The van der Waals surface area contributed by atoms with Gasteiger partial charge < -0.3 is 5.11 Å². The van der Waals surface area contributed by atoms with Crippen molar-refractivity contribution in [2.24, 2.45) is 0 Å². The molecular weight excluding hydrogens is 180 g/mol. The molecule has 0 aliphatic heterocycles. The van der Waals surface area contributed by atoms with Crippen LogP contribution in [-0.2, 0) is 0 Å². The van der Waals surface area contributed by atoms with Gasteiger partial charge >= 0.3 is 0 Å². The Morgan fingerprint density at radius 3 is 3.09 bits per heavy atom. The first-order valence-corrected chi connectivity index (χ1v) is 4.63. The van der Waals surface area contributed by atoms with Gasteiger partial charge in [0.05, 0.1) is 6.10 Å². The Morgan fingerprint density at radius 2 is 2.55 bits per heavy atom. The summed E-state index contributed by atoms with van der Waals surface area (Å²) in [5.74, 6) is 0. The van der Waals surface area contributed by atoms with Crippen molar-refractivity contribution in [3.8, 4) is 0 Å². The van der Waals surface area contributed by atoms with Gasteiger partial charge in [-0.1, -0.05) is 23.7 Å². The zero-order valence-corrected chi connectivity index (χ0v) is 7.48. The highest BCUT2D eigenvalue weighted by molar-refractivity contribution is 7.10. The van der Waals surface area contributed by atoms with Crippen molar-refractivity contribution in [1.82, 2.24) is 0 Å². The van der Waals surface area contributed by atoms with Gasteiger partial charge in [-0.05, 0) is 17.9 Å². The fourth-order valence-electron chi connectivity index (χ4n) is 0.777. The van der Waals surface area contributed by atoms with E-state index in [0.29, 0.717) is 6.42 Å². The van der Waals surface area contributed by atoms with Crippen molar-refractivity contribution < 1.29 is 5.11 Å². The Bertz CT molecular complexity index is 218. The second kappa shape index (κ2) is 4.54. The largest absolute Gasteiger partial charge is 0.387 e. The van der Waals surface area contributed by atoms with Crippen molar-refractivity contribution in [3.05, 3.63) is 34.0 Å². The van der Waals surface area contributed by atoms with Crippen molar-refractivity contribution in [2.45, 2.75) is 12.5 Å². The molecule has 1 nitrogen and oxygen atoms in total. The quantitative estimate of drug-likeness (QED) is 0.774. The highest BCUT2D eigenvalue weighted by atomic mass is 35.5. The van der Waals surface area contributed by atoms with E-state index in [9.17, 15) is 5.11 Å². The van der Waals surface area contributed by atoms with Crippen LogP contribution in [0.2, 0.25) is 0 Å². The number of aliphatic hydroxyl groups excluding tert-OH is 1. The van der Waals surface area contributed by atoms with Crippen molar-refractivity contribution in [2.75, 3.05) is 0 Å². The third kappa shape index (κ3) is 2.66. The Kier molecular flexibility index (Phi) is 3.63. The molecule has 1 rings (SSSR count). The maximum atomic E-state index is 9.44. The van der Waals surface area contributed by atoms with Crippen LogP contribution in [0.1, 0.15) is 17.4 Å². The number of rotatable bonds is 3. The summed E-state index contributed by atoms with van der Waals surface area (Å²) < 4.78 is 0. The fraction of sp³-hybridized carbons (Fsp3) is 0.250. The van der Waals surface area contributed by atoms with E-state index < -0.39 is 6.10 Å². The van der Waals surface area contributed by atoms with Gasteiger partial charge in [-0.2, -0.15) is 0 Å². The molecule has 0 aromatic carbocycles. The SMILES string of the molecule is OC(C/C=C/Cl)c1cccs1. The third-order valence-electron chi connectivity index (χ3n) is 1.32. The summed E-state index contributed by atoms with van der Waals surface area (Å²) in [6.07, 6.45) is 1.93. The van der Waals surface area contributed by atoms with E-state index in [1.54, 1.807) is 17.4 Å². The number of halogens is 1. The number of thiophene rings is 1. The molecule has 0 radical (unpaired) electrons. The maximum Gasteiger partial charge on any atom is 0.0916 e. The first-order chi connectivity index (χ1) is 5.34. The summed E-state index contributed by atoms with van der Waals surface area (Å²) >= 11 is 6.87. The topological polar surface area (TPSA) is 20.2 Å². The minimum atomic E-state index is -0.398. The van der Waals surface area contributed by atoms with E-state index in [2.05, 4.69) is 0 Å². The van der Waals surface area contributed by atoms with E-state index in [0.717, 1.165) is 4.88 Å². The van der Waals surface area contributed by atoms with Crippen LogP contribution in [-0.4, -0.2) is 5.11 Å². The standard InChI is InChI=1S/C8H9ClOS/c9-5-1-3-7(10)8-4-2-6-11-8/h1-2,4-7,10H,3H2/b5-1+. The van der Waals surface area contributed by atoms with Gasteiger partial charge in [-0.25, -0.2) is 0 Å². The van der Waals surface area contributed by atoms with E-state index in [1.165, 1.54) is 5.54 Å². The van der Waals surface area contributed by atoms with Crippen LogP contribution in [0.15, 0.2) is 29.1 Å². The van der Waals surface area contributed by atoms with Crippen LogP contribution >= 0.6 is 22.9 Å². The molecule has 1 aromatic heterocycles. The molecular formula is C8H9ClOS. The molecule has 1 N–H and O–H groups in total. The zero-order valence-electron chi connectivity index (χ0n) is 5.90. The molecule has 1 unspecified atom stereocenters. The predicted molar refractivity (Wildman–Crippen MR) is 48.9 cm³/mol. The molecule has 1 aromatic rings. The maximum absolute atomic E-state index is 9.44. The Balaban J connectivity index is 2.49. The van der Waals surface area contributed by atoms with Crippen LogP contribution in [0.3, 0.4) is 0 Å². The van der Waals surface area contributed by atoms with Gasteiger partial charge in [-0.15, -0.1) is 11.3 Å². The molecule has 3 heteroatoms. The van der Waals surface area contributed by atoms with Crippen LogP contribution < -0.4 is 0 Å². The van der Waals surface area contributed by atoms with E-state index in [-0.39, 0.29) is 0 Å². The Morgan fingerprint density at radius 1 is 1.73 bits per heavy atom. The molecule has 0 aliphatic carbocycles. The summed E-state index contributed by atoms with van der Waals surface area (Å²) in [5.41, 5.74) is 1.43. The summed E-state index contributed by atoms with van der Waals surface area (Å²) in [4.78, 5) is 0.986. The lowest BCUT2D eigenvalue weighted by atomic mass is 10.2. The molecule has 0 saturated heterocycles. The average molecular weight is 189 g/mol. The van der Waals surface area contributed by atoms with E-state index >= 15 is 0 Å². The second-order valence-corrected chi connectivity index (χ2v) is 3.36. The predicted octanol–water partition coefficient (Wildman–Crippen LogP) is 2.92. The second-order valence-electron chi connectivity index (χ2n) is 2.13. The van der Waals surface area contributed by atoms with Crippen molar-refractivity contribution in [3.63, 3.8) is 0 Å². The van der Waals surface area contributed by atoms with Gasteiger partial charge in [-0.3, -0.25) is 0 Å². The van der Waals surface area contributed by atoms with Crippen molar-refractivity contribution in [1.29, 1.82) is 0 Å². The van der Waals surface area contributed by atoms with Gasteiger partial charge in [0.2, 0.25) is 0 Å². The molecule has 60 valence electrons. The molecule has 0 spiro atoms. The minimum absolute atomic E-state index is 0.398. The minimum Gasteiger partial charge on any atom is -0.387 e. The first-order valence-electron chi connectivity index (χ1n) is 3.31. The molecule has 1 atom stereocenters. The smallest absolute Gasteiger partial charge is 0.0916 e. The third-order valence-corrected chi connectivity index (χ3v) is 2.47. The molecule has 0 saturated carbocycles. The number of hydrogen-bond donors (Lipinski definition) is 1. The number of aliphatic hydroxyl groups is 1. The van der Waals surface area contributed by atoms with Gasteiger partial charge in [0.15, 0.2) is 0 Å². The zero-order chi connectivity index (χ0) is 8.10. The lowest BCUT2D eigenvalue weighted by Gasteiger charge is -2.02. The first kappa shape index (κ1) is 8.78. The summed E-state index contributed by atoms with van der Waals surface area (Å²) in [6, 6.07) is 3.84. The molecule has 0 bridgehead atoms. The van der Waals surface area contributed by atoms with Crippen molar-refractivity contribution >= 4 is 22.9 Å². The highest BCUT2D eigenvalue weighted by Gasteiger charge is 2.04. The summed E-state index contributed by atoms with van der Waals surface area (Å²) in [5, 5.41) is 11.4. The van der Waals surface area contributed by atoms with E-state index in [1.807, 2.05) is 17.5 Å². The average Bonchev–Trinajstić information content (AvgIpc) is 2.52. The van der Waals surface area contributed by atoms with Gasteiger partial charge in [0, 0.05) is 10.4 Å². The number of hydrogen-bond acceptors (Lipinski definition) is 2. The molecule has 0 fully saturated rings. The lowest BCUT2D eigenvalue weighted by Crippen LogP contribution is -1.90.